The summed E-state index contributed by atoms with van der Waals surface area (Å²) in [6, 6.07) is 5.13. The van der Waals surface area contributed by atoms with Crippen molar-refractivity contribution < 1.29 is 29.0 Å². The van der Waals surface area contributed by atoms with Crippen LogP contribution >= 0.6 is 11.8 Å². The van der Waals surface area contributed by atoms with E-state index >= 15 is 0 Å². The average molecular weight is 480 g/mol. The SMILES string of the molecule is CC(C)(C)OC(=O)[C@@H]1CSC(C(C)(C)C)N1C(=O)CNC(=O)Nc1cccc(CC(=O)O)c1. The number of ether oxygens (including phenoxy) is 1. The number of carboxylic acid groups (broad SMARTS) is 1. The molecule has 1 saturated heterocycles. The van der Waals surface area contributed by atoms with E-state index in [2.05, 4.69) is 10.6 Å². The van der Waals surface area contributed by atoms with E-state index in [0.29, 0.717) is 17.0 Å². The van der Waals surface area contributed by atoms with Crippen LogP contribution in [-0.4, -0.2) is 63.2 Å². The minimum Gasteiger partial charge on any atom is -0.481 e. The van der Waals surface area contributed by atoms with Gasteiger partial charge in [0.15, 0.2) is 0 Å². The van der Waals surface area contributed by atoms with Crippen molar-refractivity contribution >= 4 is 41.3 Å². The number of carboxylic acids is 1. The summed E-state index contributed by atoms with van der Waals surface area (Å²) in [5, 5.41) is 13.8. The summed E-state index contributed by atoms with van der Waals surface area (Å²) >= 11 is 1.52. The fourth-order valence-electron chi connectivity index (χ4n) is 3.39. The van der Waals surface area contributed by atoms with Gasteiger partial charge in [0, 0.05) is 11.4 Å². The molecule has 2 atom stereocenters. The number of esters is 1. The fraction of sp³-hybridized carbons (Fsp3) is 0.565. The minimum absolute atomic E-state index is 0.164. The first-order chi connectivity index (χ1) is 15.2. The number of urea groups is 1. The Kier molecular flexibility index (Phi) is 8.40. The number of carbonyl (C=O) groups is 4. The molecule has 1 heterocycles. The van der Waals surface area contributed by atoms with Crippen LogP contribution in [0.2, 0.25) is 0 Å². The molecule has 10 heteroatoms. The van der Waals surface area contributed by atoms with E-state index in [9.17, 15) is 19.2 Å². The standard InChI is InChI=1S/C23H33N3O6S/c1-22(2,3)20-26(16(13-33-20)19(30)32-23(4,5)6)17(27)12-24-21(31)25-15-9-7-8-14(10-15)11-18(28)29/h7-10,16,20H,11-13H2,1-6H3,(H,28,29)(H2,24,25,31)/t16-,20?/m0/s1. The maximum absolute atomic E-state index is 13.1. The van der Waals surface area contributed by atoms with E-state index in [-0.39, 0.29) is 29.7 Å². The maximum Gasteiger partial charge on any atom is 0.330 e. The number of benzene rings is 1. The van der Waals surface area contributed by atoms with Gasteiger partial charge in [-0.2, -0.15) is 0 Å². The Morgan fingerprint density at radius 3 is 2.39 bits per heavy atom. The number of rotatable bonds is 6. The molecule has 0 spiro atoms. The lowest BCUT2D eigenvalue weighted by Gasteiger charge is -2.36. The molecule has 1 aromatic rings. The van der Waals surface area contributed by atoms with Gasteiger partial charge < -0.3 is 25.4 Å². The number of aliphatic carboxylic acids is 1. The van der Waals surface area contributed by atoms with E-state index < -0.39 is 29.6 Å². The number of nitrogens with one attached hydrogen (secondary N) is 2. The lowest BCUT2D eigenvalue weighted by Crippen LogP contribution is -2.53. The second kappa shape index (κ2) is 10.5. The molecule has 0 bridgehead atoms. The van der Waals surface area contributed by atoms with Gasteiger partial charge in [-0.3, -0.25) is 9.59 Å². The molecule has 9 nitrogen and oxygen atoms in total. The second-order valence-electron chi connectivity index (χ2n) is 9.98. The fourth-order valence-corrected chi connectivity index (χ4v) is 4.97. The van der Waals surface area contributed by atoms with Crippen LogP contribution in [0, 0.1) is 5.41 Å². The molecule has 33 heavy (non-hydrogen) atoms. The molecule has 1 aliphatic heterocycles. The maximum atomic E-state index is 13.1. The van der Waals surface area contributed by atoms with Crippen molar-refractivity contribution in [1.82, 2.24) is 10.2 Å². The summed E-state index contributed by atoms with van der Waals surface area (Å²) in [5.41, 5.74) is -0.0126. The predicted molar refractivity (Wildman–Crippen MR) is 127 cm³/mol. The molecule has 2 rings (SSSR count). The Balaban J connectivity index is 2.06. The zero-order chi connectivity index (χ0) is 25.0. The highest BCUT2D eigenvalue weighted by Gasteiger charge is 2.47. The number of thioether (sulfide) groups is 1. The smallest absolute Gasteiger partial charge is 0.330 e. The highest BCUT2D eigenvalue weighted by Crippen LogP contribution is 2.41. The molecule has 1 aliphatic rings. The molecule has 182 valence electrons. The predicted octanol–water partition coefficient (Wildman–Crippen LogP) is 3.09. The summed E-state index contributed by atoms with van der Waals surface area (Å²) in [5.74, 6) is -1.40. The van der Waals surface area contributed by atoms with Gasteiger partial charge in [0.1, 0.15) is 11.6 Å². The van der Waals surface area contributed by atoms with E-state index in [1.54, 1.807) is 45.0 Å². The van der Waals surface area contributed by atoms with Crippen LogP contribution in [0.3, 0.4) is 0 Å². The molecule has 1 fully saturated rings. The molecule has 1 unspecified atom stereocenters. The van der Waals surface area contributed by atoms with Crippen molar-refractivity contribution in [3.05, 3.63) is 29.8 Å². The topological polar surface area (TPSA) is 125 Å². The molecule has 0 aromatic heterocycles. The molecule has 3 N–H and O–H groups in total. The quantitative estimate of drug-likeness (QED) is 0.536. The van der Waals surface area contributed by atoms with Crippen molar-refractivity contribution in [3.63, 3.8) is 0 Å². The van der Waals surface area contributed by atoms with Crippen LogP contribution in [0.1, 0.15) is 47.1 Å². The summed E-state index contributed by atoms with van der Waals surface area (Å²) < 4.78 is 5.52. The molecule has 1 aromatic carbocycles. The summed E-state index contributed by atoms with van der Waals surface area (Å²) in [7, 11) is 0. The Hall–Kier alpha value is -2.75. The number of anilines is 1. The first kappa shape index (κ1) is 26.5. The Labute approximate surface area is 198 Å². The van der Waals surface area contributed by atoms with Gasteiger partial charge in [0.2, 0.25) is 5.91 Å². The Bertz CT molecular complexity index is 906. The first-order valence-electron chi connectivity index (χ1n) is 10.7. The number of hydrogen-bond donors (Lipinski definition) is 3. The first-order valence-corrected chi connectivity index (χ1v) is 11.7. The van der Waals surface area contributed by atoms with E-state index in [4.69, 9.17) is 9.84 Å². The van der Waals surface area contributed by atoms with E-state index in [1.165, 1.54) is 16.7 Å². The third-order valence-corrected chi connectivity index (χ3v) is 6.41. The second-order valence-corrected chi connectivity index (χ2v) is 11.1. The number of nitrogens with zero attached hydrogens (tertiary/aromatic N) is 1. The zero-order valence-electron chi connectivity index (χ0n) is 19.9. The van der Waals surface area contributed by atoms with Crippen molar-refractivity contribution in [3.8, 4) is 0 Å². The molecular formula is C23H33N3O6S. The van der Waals surface area contributed by atoms with Gasteiger partial charge in [0.25, 0.3) is 0 Å². The highest BCUT2D eigenvalue weighted by atomic mass is 32.2. The summed E-state index contributed by atoms with van der Waals surface area (Å²) in [6.45, 7) is 11.0. The van der Waals surface area contributed by atoms with Gasteiger partial charge in [-0.05, 0) is 43.9 Å². The van der Waals surface area contributed by atoms with Crippen molar-refractivity contribution in [2.75, 3.05) is 17.6 Å². The average Bonchev–Trinajstić information content (AvgIpc) is 3.10. The largest absolute Gasteiger partial charge is 0.481 e. The van der Waals surface area contributed by atoms with Crippen molar-refractivity contribution in [1.29, 1.82) is 0 Å². The minimum atomic E-state index is -0.973. The monoisotopic (exact) mass is 479 g/mol. The molecule has 3 amide bonds. The van der Waals surface area contributed by atoms with E-state index in [1.807, 2.05) is 20.8 Å². The third-order valence-electron chi connectivity index (χ3n) is 4.65. The molecule has 0 saturated carbocycles. The Morgan fingerprint density at radius 1 is 1.15 bits per heavy atom. The van der Waals surface area contributed by atoms with Gasteiger partial charge in [-0.25, -0.2) is 9.59 Å². The van der Waals surface area contributed by atoms with E-state index in [0.717, 1.165) is 0 Å². The van der Waals surface area contributed by atoms with Crippen LogP contribution in [0.4, 0.5) is 10.5 Å². The lowest BCUT2D eigenvalue weighted by molar-refractivity contribution is -0.164. The van der Waals surface area contributed by atoms with Gasteiger partial charge in [0.05, 0.1) is 18.3 Å². The third kappa shape index (κ3) is 7.96. The van der Waals surface area contributed by atoms with Crippen molar-refractivity contribution in [2.24, 2.45) is 5.41 Å². The van der Waals surface area contributed by atoms with Crippen molar-refractivity contribution in [2.45, 2.75) is 65.0 Å². The normalized spacial score (nSPS) is 18.5. The van der Waals surface area contributed by atoms with Gasteiger partial charge in [-0.1, -0.05) is 32.9 Å². The number of carbonyl (C=O) groups excluding carboxylic acids is 3. The Morgan fingerprint density at radius 2 is 1.82 bits per heavy atom. The van der Waals surface area contributed by atoms with Gasteiger partial charge >= 0.3 is 18.0 Å². The number of amides is 3. The number of hydrogen-bond acceptors (Lipinski definition) is 6. The van der Waals surface area contributed by atoms with Crippen LogP contribution in [0.25, 0.3) is 0 Å². The lowest BCUT2D eigenvalue weighted by atomic mass is 9.94. The van der Waals surface area contributed by atoms with Crippen LogP contribution in [0.15, 0.2) is 24.3 Å². The molecule has 0 radical (unpaired) electrons. The van der Waals surface area contributed by atoms with Crippen LogP contribution in [-0.2, 0) is 25.5 Å². The zero-order valence-corrected chi connectivity index (χ0v) is 20.7. The highest BCUT2D eigenvalue weighted by molar-refractivity contribution is 8.00. The molecule has 0 aliphatic carbocycles. The van der Waals surface area contributed by atoms with Gasteiger partial charge in [-0.15, -0.1) is 11.8 Å². The van der Waals surface area contributed by atoms with Crippen LogP contribution in [0.5, 0.6) is 0 Å². The molecular weight excluding hydrogens is 446 g/mol. The summed E-state index contributed by atoms with van der Waals surface area (Å²) in [4.78, 5) is 50.6. The summed E-state index contributed by atoms with van der Waals surface area (Å²) in [6.07, 6.45) is -0.164. The van der Waals surface area contributed by atoms with Crippen LogP contribution < -0.4 is 10.6 Å².